The summed E-state index contributed by atoms with van der Waals surface area (Å²) in [4.78, 5) is 16.7. The molecule has 2 bridgehead atoms. The number of rotatable bonds is 3. The van der Waals surface area contributed by atoms with Gasteiger partial charge in [-0.1, -0.05) is 0 Å². The van der Waals surface area contributed by atoms with Crippen LogP contribution in [0.25, 0.3) is 42.5 Å². The van der Waals surface area contributed by atoms with Gasteiger partial charge in [-0.05, 0) is 37.5 Å². The number of nitrogens with zero attached hydrogens (tertiary/aromatic N) is 5. The Kier molecular flexibility index (Phi) is 4.90. The van der Waals surface area contributed by atoms with Gasteiger partial charge in [0, 0.05) is 47.7 Å². The van der Waals surface area contributed by atoms with Crippen LogP contribution in [-0.2, 0) is 6.18 Å². The van der Waals surface area contributed by atoms with Gasteiger partial charge in [0.25, 0.3) is 0 Å². The lowest BCUT2D eigenvalue weighted by Crippen LogP contribution is -2.51. The van der Waals surface area contributed by atoms with Crippen LogP contribution in [0.2, 0.25) is 0 Å². The van der Waals surface area contributed by atoms with Crippen molar-refractivity contribution in [2.45, 2.75) is 38.0 Å². The number of alkyl halides is 3. The first-order valence-corrected chi connectivity index (χ1v) is 12.8. The monoisotopic (exact) mass is 525 g/mol. The Morgan fingerprint density at radius 2 is 1.92 bits per heavy atom. The van der Waals surface area contributed by atoms with E-state index in [9.17, 15) is 13.2 Å². The number of aryl methyl sites for hydroxylation is 1. The molecule has 0 radical (unpaired) electrons. The largest absolute Gasteiger partial charge is 0.467 e. The molecule has 2 unspecified atom stereocenters. The van der Waals surface area contributed by atoms with E-state index in [4.69, 9.17) is 9.72 Å². The van der Waals surface area contributed by atoms with E-state index >= 15 is 0 Å². The van der Waals surface area contributed by atoms with Crippen molar-refractivity contribution >= 4 is 48.4 Å². The summed E-state index contributed by atoms with van der Waals surface area (Å²) in [7, 11) is 1.52. The minimum Gasteiger partial charge on any atom is -0.467 e. The standard InChI is InChI=1S/C25H22F3N7OS/c1-11-7-16-15(8-30-34-16)17(19(11)25(26,27)28)20-21-14(5-6-29-20)18-22(32-24(36-2)33-23(18)37-21)35-9-12-3-4-13(10-35)31-12/h5-8,12-13,31H,3-4,9-10H2,1-2H3,(H,30,34). The number of benzene rings is 1. The molecule has 1 aromatic carbocycles. The van der Waals surface area contributed by atoms with Gasteiger partial charge in [0.15, 0.2) is 0 Å². The number of halogens is 3. The number of hydrogen-bond acceptors (Lipinski definition) is 8. The SMILES string of the molecule is COc1nc(N2CC3CCC(C2)N3)c2c(n1)sc1c(-c3c(C(F)(F)F)c(C)cc4[nH]ncc34)nccc12. The van der Waals surface area contributed by atoms with Gasteiger partial charge >= 0.3 is 12.2 Å². The summed E-state index contributed by atoms with van der Waals surface area (Å²) in [6.07, 6.45) is 0.643. The molecule has 4 aromatic heterocycles. The van der Waals surface area contributed by atoms with E-state index in [1.165, 1.54) is 37.6 Å². The van der Waals surface area contributed by atoms with Gasteiger partial charge in [-0.15, -0.1) is 11.3 Å². The number of hydrogen-bond donors (Lipinski definition) is 2. The molecular weight excluding hydrogens is 503 g/mol. The quantitative estimate of drug-likeness (QED) is 0.340. The van der Waals surface area contributed by atoms with E-state index in [0.29, 0.717) is 32.5 Å². The highest BCUT2D eigenvalue weighted by molar-refractivity contribution is 7.26. The number of H-pyrrole nitrogens is 1. The van der Waals surface area contributed by atoms with Crippen molar-refractivity contribution in [3.8, 4) is 17.3 Å². The fourth-order valence-corrected chi connectivity index (χ4v) is 7.02. The first kappa shape index (κ1) is 22.7. The molecule has 0 saturated carbocycles. The first-order valence-electron chi connectivity index (χ1n) is 12.0. The van der Waals surface area contributed by atoms with Crippen LogP contribution in [0.3, 0.4) is 0 Å². The van der Waals surface area contributed by atoms with E-state index in [-0.39, 0.29) is 22.8 Å². The van der Waals surface area contributed by atoms with Crippen LogP contribution in [0.5, 0.6) is 6.01 Å². The highest BCUT2D eigenvalue weighted by Gasteiger charge is 2.38. The highest BCUT2D eigenvalue weighted by Crippen LogP contribution is 2.48. The molecule has 12 heteroatoms. The lowest BCUT2D eigenvalue weighted by atomic mass is 9.94. The molecular formula is C25H22F3N7OS. The number of anilines is 1. The lowest BCUT2D eigenvalue weighted by molar-refractivity contribution is -0.137. The third-order valence-electron chi connectivity index (χ3n) is 7.37. The molecule has 2 N–H and O–H groups in total. The normalized spacial score (nSPS) is 20.0. The molecule has 2 saturated heterocycles. The third-order valence-corrected chi connectivity index (χ3v) is 8.48. The Morgan fingerprint density at radius 3 is 2.65 bits per heavy atom. The molecule has 0 aliphatic carbocycles. The summed E-state index contributed by atoms with van der Waals surface area (Å²) in [5, 5.41) is 12.4. The van der Waals surface area contributed by atoms with E-state index in [1.54, 1.807) is 6.20 Å². The van der Waals surface area contributed by atoms with Gasteiger partial charge in [0.2, 0.25) is 0 Å². The Labute approximate surface area is 212 Å². The summed E-state index contributed by atoms with van der Waals surface area (Å²) < 4.78 is 49.3. The van der Waals surface area contributed by atoms with Gasteiger partial charge in [-0.2, -0.15) is 28.2 Å². The van der Waals surface area contributed by atoms with Crippen molar-refractivity contribution < 1.29 is 17.9 Å². The average Bonchev–Trinajstić information content (AvgIpc) is 3.57. The third kappa shape index (κ3) is 3.46. The second kappa shape index (κ2) is 7.99. The maximum absolute atomic E-state index is 14.4. The number of ether oxygens (including phenoxy) is 1. The van der Waals surface area contributed by atoms with Crippen LogP contribution in [-0.4, -0.2) is 57.4 Å². The number of pyridine rings is 1. The average molecular weight is 526 g/mol. The Hall–Kier alpha value is -3.51. The second-order valence-electron chi connectivity index (χ2n) is 9.67. The number of aromatic amines is 1. The summed E-state index contributed by atoms with van der Waals surface area (Å²) in [5.41, 5.74) is 0.209. The lowest BCUT2D eigenvalue weighted by Gasteiger charge is -2.34. The zero-order valence-electron chi connectivity index (χ0n) is 20.0. The van der Waals surface area contributed by atoms with Gasteiger partial charge in [0.05, 0.1) is 40.2 Å². The number of nitrogens with one attached hydrogen (secondary N) is 2. The van der Waals surface area contributed by atoms with Crippen LogP contribution in [0.15, 0.2) is 24.5 Å². The number of aromatic nitrogens is 5. The molecule has 2 aliphatic heterocycles. The van der Waals surface area contributed by atoms with Crippen molar-refractivity contribution in [3.05, 3.63) is 35.7 Å². The molecule has 6 heterocycles. The maximum Gasteiger partial charge on any atom is 0.417 e. The molecule has 2 fully saturated rings. The molecule has 8 nitrogen and oxygen atoms in total. The van der Waals surface area contributed by atoms with Crippen molar-refractivity contribution in [2.75, 3.05) is 25.1 Å². The number of methoxy groups -OCH3 is 1. The molecule has 190 valence electrons. The zero-order valence-corrected chi connectivity index (χ0v) is 20.8. The predicted molar refractivity (Wildman–Crippen MR) is 136 cm³/mol. The van der Waals surface area contributed by atoms with Crippen molar-refractivity contribution in [3.63, 3.8) is 0 Å². The molecule has 7 rings (SSSR count). The molecule has 2 atom stereocenters. The minimum absolute atomic E-state index is 0.0232. The van der Waals surface area contributed by atoms with Crippen molar-refractivity contribution in [1.82, 2.24) is 30.5 Å². The van der Waals surface area contributed by atoms with Crippen LogP contribution < -0.4 is 15.0 Å². The Morgan fingerprint density at radius 1 is 1.14 bits per heavy atom. The summed E-state index contributed by atoms with van der Waals surface area (Å²) >= 11 is 1.31. The van der Waals surface area contributed by atoms with E-state index in [1.807, 2.05) is 6.07 Å². The van der Waals surface area contributed by atoms with Crippen LogP contribution in [0, 0.1) is 6.92 Å². The molecule has 2 aliphatic rings. The van der Waals surface area contributed by atoms with Crippen LogP contribution in [0.4, 0.5) is 19.0 Å². The zero-order chi connectivity index (χ0) is 25.5. The second-order valence-corrected chi connectivity index (χ2v) is 10.7. The van der Waals surface area contributed by atoms with Crippen LogP contribution >= 0.6 is 11.3 Å². The number of thiophene rings is 1. The highest BCUT2D eigenvalue weighted by atomic mass is 32.1. The van der Waals surface area contributed by atoms with Crippen LogP contribution in [0.1, 0.15) is 24.0 Å². The van der Waals surface area contributed by atoms with E-state index in [0.717, 1.165) is 42.5 Å². The number of piperazine rings is 1. The smallest absolute Gasteiger partial charge is 0.417 e. The minimum atomic E-state index is -4.57. The molecule has 5 aromatic rings. The Balaban J connectivity index is 1.53. The fourth-order valence-electron chi connectivity index (χ4n) is 5.87. The summed E-state index contributed by atoms with van der Waals surface area (Å²) in [6, 6.07) is 4.31. The predicted octanol–water partition coefficient (Wildman–Crippen LogP) is 5.06. The van der Waals surface area contributed by atoms with Gasteiger partial charge in [-0.3, -0.25) is 10.1 Å². The van der Waals surface area contributed by atoms with Gasteiger partial charge in [-0.25, -0.2) is 0 Å². The summed E-state index contributed by atoms with van der Waals surface area (Å²) in [5.74, 6) is 0.748. The number of fused-ring (bicyclic) bond motifs is 6. The van der Waals surface area contributed by atoms with Gasteiger partial charge < -0.3 is 15.0 Å². The molecule has 0 amide bonds. The van der Waals surface area contributed by atoms with Gasteiger partial charge in [0.1, 0.15) is 10.6 Å². The first-order chi connectivity index (χ1) is 17.8. The van der Waals surface area contributed by atoms with E-state index in [2.05, 4.69) is 30.4 Å². The summed E-state index contributed by atoms with van der Waals surface area (Å²) in [6.45, 7) is 3.06. The Bertz CT molecular complexity index is 1680. The van der Waals surface area contributed by atoms with Crippen molar-refractivity contribution in [2.24, 2.45) is 0 Å². The maximum atomic E-state index is 14.4. The van der Waals surface area contributed by atoms with Crippen molar-refractivity contribution in [1.29, 1.82) is 0 Å². The topological polar surface area (TPSA) is 91.8 Å². The molecule has 0 spiro atoms. The fraction of sp³-hybridized carbons (Fsp3) is 0.360. The van der Waals surface area contributed by atoms with E-state index < -0.39 is 11.7 Å². The molecule has 37 heavy (non-hydrogen) atoms.